The maximum atomic E-state index is 10.5. The Morgan fingerprint density at radius 2 is 1.06 bits per heavy atom. The second-order valence-corrected chi connectivity index (χ2v) is 10.1. The molecule has 1 heterocycles. The van der Waals surface area contributed by atoms with Gasteiger partial charge in [0, 0.05) is 6.42 Å². The summed E-state index contributed by atoms with van der Waals surface area (Å²) >= 11 is 0. The van der Waals surface area contributed by atoms with Crippen LogP contribution < -0.4 is 18.9 Å². The molecule has 2 aromatic rings. The second kappa shape index (κ2) is 9.39. The van der Waals surface area contributed by atoms with Crippen molar-refractivity contribution in [3.05, 3.63) is 47.5 Å². The lowest BCUT2D eigenvalue weighted by atomic mass is 9.87. The zero-order valence-corrected chi connectivity index (χ0v) is 19.7. The Morgan fingerprint density at radius 3 is 1.58 bits per heavy atom. The van der Waals surface area contributed by atoms with Crippen LogP contribution in [0.3, 0.4) is 0 Å². The number of benzene rings is 2. The molecule has 0 aliphatic carbocycles. The fourth-order valence-electron chi connectivity index (χ4n) is 3.26. The quantitative estimate of drug-likeness (QED) is 0.620. The SMILES string of the molecule is CC(C)(C)c1ccc2c(c1)OCCCOc1ccc(C(C)(C)C)cc1OCC(O)CO2. The van der Waals surface area contributed by atoms with Crippen molar-refractivity contribution >= 4 is 0 Å². The number of aliphatic hydroxyl groups is 1. The van der Waals surface area contributed by atoms with E-state index in [1.54, 1.807) is 0 Å². The van der Waals surface area contributed by atoms with Gasteiger partial charge in [-0.25, -0.2) is 0 Å². The van der Waals surface area contributed by atoms with Crippen molar-refractivity contribution < 1.29 is 24.1 Å². The van der Waals surface area contributed by atoms with Gasteiger partial charge in [-0.15, -0.1) is 0 Å². The molecule has 0 radical (unpaired) electrons. The van der Waals surface area contributed by atoms with Gasteiger partial charge < -0.3 is 24.1 Å². The standard InChI is InChI=1S/C26H36O5/c1-25(2,3)18-9-11-22-23(14-18)29-13-7-12-28-21-10-8-19(26(4,5)6)15-24(21)31-17-20(27)16-30-22/h8-11,14-15,20,27H,7,12-13,16-17H2,1-6H3. The molecule has 5 nitrogen and oxygen atoms in total. The third kappa shape index (κ3) is 6.30. The number of fused-ring (bicyclic) bond motifs is 2. The normalized spacial score (nSPS) is 18.2. The Bertz CT molecular complexity index is 876. The number of hydrogen-bond donors (Lipinski definition) is 1. The molecular formula is C26H36O5. The fraction of sp³-hybridized carbons (Fsp3) is 0.538. The van der Waals surface area contributed by atoms with E-state index >= 15 is 0 Å². The van der Waals surface area contributed by atoms with E-state index in [4.69, 9.17) is 18.9 Å². The summed E-state index contributed by atoms with van der Waals surface area (Å²) in [6.07, 6.45) is -0.0633. The third-order valence-corrected chi connectivity index (χ3v) is 5.29. The number of hydrogen-bond acceptors (Lipinski definition) is 5. The molecular weight excluding hydrogens is 392 g/mol. The van der Waals surface area contributed by atoms with Crippen LogP contribution in [0.25, 0.3) is 0 Å². The molecule has 0 saturated heterocycles. The Hall–Kier alpha value is -2.40. The van der Waals surface area contributed by atoms with Crippen molar-refractivity contribution in [3.8, 4) is 23.0 Å². The molecule has 0 aromatic heterocycles. The van der Waals surface area contributed by atoms with E-state index in [9.17, 15) is 5.11 Å². The van der Waals surface area contributed by atoms with Gasteiger partial charge in [-0.3, -0.25) is 0 Å². The minimum Gasteiger partial charge on any atom is -0.490 e. The summed E-state index contributed by atoms with van der Waals surface area (Å²) in [5.41, 5.74) is 2.31. The van der Waals surface area contributed by atoms with E-state index in [1.165, 1.54) is 5.56 Å². The van der Waals surface area contributed by atoms with E-state index in [0.717, 1.165) is 12.0 Å². The van der Waals surface area contributed by atoms with Gasteiger partial charge in [-0.1, -0.05) is 53.7 Å². The summed E-state index contributed by atoms with van der Waals surface area (Å²) in [7, 11) is 0. The molecule has 0 amide bonds. The third-order valence-electron chi connectivity index (χ3n) is 5.29. The molecule has 1 atom stereocenters. The molecule has 5 heteroatoms. The zero-order chi connectivity index (χ0) is 22.6. The number of rotatable bonds is 0. The Kier molecular flexibility index (Phi) is 7.05. The predicted molar refractivity (Wildman–Crippen MR) is 123 cm³/mol. The van der Waals surface area contributed by atoms with Crippen molar-refractivity contribution in [2.45, 2.75) is 64.9 Å². The molecule has 0 fully saturated rings. The van der Waals surface area contributed by atoms with Crippen LogP contribution in [0.5, 0.6) is 23.0 Å². The summed E-state index contributed by atoms with van der Waals surface area (Å²) in [5.74, 6) is 2.63. The van der Waals surface area contributed by atoms with Crippen molar-refractivity contribution in [3.63, 3.8) is 0 Å². The monoisotopic (exact) mass is 428 g/mol. The molecule has 2 aromatic carbocycles. The summed E-state index contributed by atoms with van der Waals surface area (Å²) < 4.78 is 23.9. The van der Waals surface area contributed by atoms with Crippen LogP contribution >= 0.6 is 0 Å². The lowest BCUT2D eigenvalue weighted by Crippen LogP contribution is -2.26. The Balaban J connectivity index is 1.80. The molecule has 31 heavy (non-hydrogen) atoms. The molecule has 0 spiro atoms. The minimum absolute atomic E-state index is 0.00353. The fourth-order valence-corrected chi connectivity index (χ4v) is 3.26. The van der Waals surface area contributed by atoms with Crippen LogP contribution in [-0.4, -0.2) is 37.6 Å². The van der Waals surface area contributed by atoms with Gasteiger partial charge in [0.15, 0.2) is 23.0 Å². The maximum absolute atomic E-state index is 10.5. The first-order chi connectivity index (χ1) is 14.5. The molecule has 1 unspecified atom stereocenters. The van der Waals surface area contributed by atoms with E-state index in [0.29, 0.717) is 36.2 Å². The average molecular weight is 429 g/mol. The van der Waals surface area contributed by atoms with Crippen molar-refractivity contribution in [1.29, 1.82) is 0 Å². The first kappa shape index (κ1) is 23.3. The lowest BCUT2D eigenvalue weighted by Gasteiger charge is -2.24. The van der Waals surface area contributed by atoms with Crippen LogP contribution in [0, 0.1) is 0 Å². The van der Waals surface area contributed by atoms with Crippen LogP contribution in [0.15, 0.2) is 36.4 Å². The van der Waals surface area contributed by atoms with E-state index < -0.39 is 6.10 Å². The highest BCUT2D eigenvalue weighted by atomic mass is 16.5. The highest BCUT2D eigenvalue weighted by molar-refractivity contribution is 5.46. The molecule has 1 N–H and O–H groups in total. The Morgan fingerprint density at radius 1 is 0.645 bits per heavy atom. The first-order valence-electron chi connectivity index (χ1n) is 11.0. The molecule has 1 aliphatic heterocycles. The average Bonchev–Trinajstić information content (AvgIpc) is 2.69. The molecule has 0 bridgehead atoms. The van der Waals surface area contributed by atoms with E-state index in [1.807, 2.05) is 30.3 Å². The van der Waals surface area contributed by atoms with Gasteiger partial charge in [0.25, 0.3) is 0 Å². The summed E-state index contributed by atoms with van der Waals surface area (Å²) in [6.45, 7) is 14.2. The maximum Gasteiger partial charge on any atom is 0.161 e. The minimum atomic E-state index is -0.788. The topological polar surface area (TPSA) is 57.2 Å². The molecule has 3 rings (SSSR count). The van der Waals surface area contributed by atoms with Crippen LogP contribution in [0.1, 0.15) is 59.1 Å². The molecule has 0 saturated carbocycles. The van der Waals surface area contributed by atoms with Gasteiger partial charge in [0.05, 0.1) is 13.2 Å². The van der Waals surface area contributed by atoms with Gasteiger partial charge in [0.2, 0.25) is 0 Å². The Labute approximate surface area is 186 Å². The smallest absolute Gasteiger partial charge is 0.161 e. The molecule has 1 aliphatic rings. The first-order valence-corrected chi connectivity index (χ1v) is 11.0. The van der Waals surface area contributed by atoms with Crippen molar-refractivity contribution in [1.82, 2.24) is 0 Å². The van der Waals surface area contributed by atoms with Crippen LogP contribution in [-0.2, 0) is 10.8 Å². The molecule has 170 valence electrons. The number of aliphatic hydroxyl groups excluding tert-OH is 1. The van der Waals surface area contributed by atoms with E-state index in [-0.39, 0.29) is 24.0 Å². The van der Waals surface area contributed by atoms with Gasteiger partial charge in [-0.2, -0.15) is 0 Å². The van der Waals surface area contributed by atoms with Gasteiger partial charge >= 0.3 is 0 Å². The largest absolute Gasteiger partial charge is 0.490 e. The zero-order valence-electron chi connectivity index (χ0n) is 19.7. The van der Waals surface area contributed by atoms with Crippen LogP contribution in [0.4, 0.5) is 0 Å². The van der Waals surface area contributed by atoms with Crippen LogP contribution in [0.2, 0.25) is 0 Å². The summed E-state index contributed by atoms with van der Waals surface area (Å²) in [6, 6.07) is 12.0. The summed E-state index contributed by atoms with van der Waals surface area (Å²) in [4.78, 5) is 0. The lowest BCUT2D eigenvalue weighted by molar-refractivity contribution is 0.0592. The summed E-state index contributed by atoms with van der Waals surface area (Å²) in [5, 5.41) is 10.5. The van der Waals surface area contributed by atoms with Crippen molar-refractivity contribution in [2.75, 3.05) is 26.4 Å². The highest BCUT2D eigenvalue weighted by Crippen LogP contribution is 2.35. The van der Waals surface area contributed by atoms with Gasteiger partial charge in [0.1, 0.15) is 19.3 Å². The number of ether oxygens (including phenoxy) is 4. The highest BCUT2D eigenvalue weighted by Gasteiger charge is 2.20. The second-order valence-electron chi connectivity index (χ2n) is 10.1. The predicted octanol–water partition coefficient (Wildman–Crippen LogP) is 5.26. The van der Waals surface area contributed by atoms with Gasteiger partial charge in [-0.05, 0) is 46.2 Å². The van der Waals surface area contributed by atoms with Crippen molar-refractivity contribution in [2.24, 2.45) is 0 Å². The van der Waals surface area contributed by atoms with E-state index in [2.05, 4.69) is 47.6 Å².